The molecule has 0 amide bonds. The third-order valence-electron chi connectivity index (χ3n) is 21.2. The molecule has 6 N–H and O–H groups in total. The number of nitrogens with zero attached hydrogens (tertiary/aromatic N) is 7. The van der Waals surface area contributed by atoms with Gasteiger partial charge in [0.1, 0.15) is 0 Å². The lowest BCUT2D eigenvalue weighted by molar-refractivity contribution is 0.773. The molecule has 18 rings (SSSR count). The summed E-state index contributed by atoms with van der Waals surface area (Å²) >= 11 is 18.7. The van der Waals surface area contributed by atoms with Crippen LogP contribution in [0.4, 0.5) is 0 Å². The zero-order valence-corrected chi connectivity index (χ0v) is 69.6. The summed E-state index contributed by atoms with van der Waals surface area (Å²) in [5.74, 6) is 1.34. The van der Waals surface area contributed by atoms with Crippen molar-refractivity contribution >= 4 is 46.5 Å². The van der Waals surface area contributed by atoms with Gasteiger partial charge in [-0.1, -0.05) is 314 Å². The maximum Gasteiger partial charge on any atom is 0.0924 e. The van der Waals surface area contributed by atoms with Gasteiger partial charge in [-0.3, -0.25) is 4.98 Å². The van der Waals surface area contributed by atoms with Crippen LogP contribution in [0.5, 0.6) is 0 Å². The average Bonchev–Trinajstić information content (AvgIpc) is 1.09. The van der Waals surface area contributed by atoms with E-state index in [1.807, 2.05) is 128 Å². The molecule has 5 atom stereocenters. The second-order valence-electron chi connectivity index (χ2n) is 29.2. The first-order chi connectivity index (χ1) is 59.0. The van der Waals surface area contributed by atoms with Crippen LogP contribution in [-0.2, 0) is 32.1 Å². The van der Waals surface area contributed by atoms with Gasteiger partial charge in [0, 0.05) is 112 Å². The van der Waals surface area contributed by atoms with Crippen molar-refractivity contribution in [1.82, 2.24) is 64.8 Å². The standard InChI is InChI=1S/C19H20N2.C18H18N2.C17H14Cl2N2.C17H13ClN2.C17H16N2.C16H15N3/c1-14-7-6-10-17(15(14)2)18(19-12-20-13-21-19)11-16-8-4-3-5-9-16;1-14-7-5-6-10-16(14)17(18-12-19-13-20-18)11-15-8-3-2-4-9-15;18-15-8-4-7-13(17(15)19)14(16-10-20-11-21-16)9-12-5-2-1-3-6-12;18-15-8-4-7-14(10-15)16(17-11-19-12-20-17)9-13-5-2-1-3-6-13;1-3-7-14(8-4-1)11-16(17-12-18-13-19-17)15-9-5-2-6-10-15;1-2-4-13(5-3-1)10-15(16-11-18-12-19-16)14-6-8-17-9-7-14/h3-10,12-13,18H,11H2,1-2H3,(H,20,21);2-10,12-13,17H,11H2,1H3,(H,19,20);1-8,10-11,14H,9H2,(H,20,21);1-12H,(H,19,20);1-10,12-13,16H,11H2,(H,18,19);1-9,11-12,15H,10H2,(H,18,19)/b;;;16-9-;;. The van der Waals surface area contributed by atoms with Gasteiger partial charge in [0.25, 0.3) is 0 Å². The van der Waals surface area contributed by atoms with E-state index in [-0.39, 0.29) is 11.8 Å². The molecule has 0 aliphatic carbocycles. The molecule has 598 valence electrons. The van der Waals surface area contributed by atoms with E-state index in [1.54, 1.807) is 44.0 Å². The molecular formula is C104H96Cl3N13. The van der Waals surface area contributed by atoms with Gasteiger partial charge in [-0.15, -0.1) is 0 Å². The van der Waals surface area contributed by atoms with Crippen molar-refractivity contribution in [3.8, 4) is 0 Å². The molecule has 0 saturated heterocycles. The molecule has 0 aliphatic heterocycles. The number of rotatable bonds is 23. The highest BCUT2D eigenvalue weighted by Crippen LogP contribution is 2.38. The number of H-pyrrole nitrogens is 6. The van der Waals surface area contributed by atoms with Crippen LogP contribution in [-0.4, -0.2) is 64.8 Å². The van der Waals surface area contributed by atoms with Gasteiger partial charge in [-0.05, 0) is 173 Å². The van der Waals surface area contributed by atoms with Crippen molar-refractivity contribution in [3.05, 3.63) is 530 Å². The van der Waals surface area contributed by atoms with Crippen molar-refractivity contribution < 1.29 is 0 Å². The Kier molecular flexibility index (Phi) is 31.4. The number of aromatic nitrogens is 13. The van der Waals surface area contributed by atoms with Crippen LogP contribution in [0, 0.1) is 20.8 Å². The molecule has 0 radical (unpaired) electrons. The minimum atomic E-state index is 0.0982. The maximum atomic E-state index is 6.40. The average molecular weight is 1630 g/mol. The van der Waals surface area contributed by atoms with Gasteiger partial charge in [-0.2, -0.15) is 0 Å². The van der Waals surface area contributed by atoms with E-state index in [1.165, 1.54) is 78.1 Å². The van der Waals surface area contributed by atoms with Crippen molar-refractivity contribution in [2.45, 2.75) is 82.5 Å². The van der Waals surface area contributed by atoms with Gasteiger partial charge in [0.05, 0.1) is 59.9 Å². The number of hydrogen-bond acceptors (Lipinski definition) is 7. The van der Waals surface area contributed by atoms with Gasteiger partial charge < -0.3 is 29.9 Å². The van der Waals surface area contributed by atoms with Gasteiger partial charge >= 0.3 is 0 Å². The largest absolute Gasteiger partial charge is 0.348 e. The number of pyridine rings is 1. The number of imidazole rings is 6. The van der Waals surface area contributed by atoms with E-state index in [9.17, 15) is 0 Å². The fourth-order valence-corrected chi connectivity index (χ4v) is 15.4. The summed E-state index contributed by atoms with van der Waals surface area (Å²) in [6, 6.07) is 106. The predicted octanol–water partition coefficient (Wildman–Crippen LogP) is 25.2. The van der Waals surface area contributed by atoms with Gasteiger partial charge in [-0.25, -0.2) is 29.9 Å². The van der Waals surface area contributed by atoms with Crippen LogP contribution in [0.25, 0.3) is 11.6 Å². The predicted molar refractivity (Wildman–Crippen MR) is 491 cm³/mol. The summed E-state index contributed by atoms with van der Waals surface area (Å²) in [6.45, 7) is 6.55. The summed E-state index contributed by atoms with van der Waals surface area (Å²) in [5.41, 5.74) is 26.8. The molecule has 16 heteroatoms. The Morgan fingerprint density at radius 3 is 1.07 bits per heavy atom. The first-order valence-corrected chi connectivity index (χ1v) is 41.3. The fraction of sp³-hybridized carbons (Fsp3) is 0.125. The van der Waals surface area contributed by atoms with E-state index >= 15 is 0 Å². The molecule has 0 spiro atoms. The minimum absolute atomic E-state index is 0.0982. The van der Waals surface area contributed by atoms with Crippen molar-refractivity contribution in [1.29, 1.82) is 0 Å². The lowest BCUT2D eigenvalue weighted by Gasteiger charge is -2.19. The number of hydrogen-bond donors (Lipinski definition) is 6. The molecule has 0 saturated carbocycles. The summed E-state index contributed by atoms with van der Waals surface area (Å²) < 4.78 is 0. The number of benzene rings is 11. The molecule has 7 heterocycles. The van der Waals surface area contributed by atoms with E-state index < -0.39 is 0 Å². The monoisotopic (exact) mass is 1630 g/mol. The molecule has 0 aliphatic rings. The normalized spacial score (nSPS) is 12.1. The summed E-state index contributed by atoms with van der Waals surface area (Å²) in [4.78, 5) is 48.4. The van der Waals surface area contributed by atoms with Crippen LogP contribution in [0.3, 0.4) is 0 Å². The molecule has 5 unspecified atom stereocenters. The van der Waals surface area contributed by atoms with Crippen molar-refractivity contribution in [2.75, 3.05) is 0 Å². The Bertz CT molecular complexity index is 5650. The molecule has 13 nitrogen and oxygen atoms in total. The second kappa shape index (κ2) is 44.7. The van der Waals surface area contributed by atoms with Crippen molar-refractivity contribution in [3.63, 3.8) is 0 Å². The number of nitrogens with one attached hydrogen (secondary N) is 6. The van der Waals surface area contributed by atoms with E-state index in [0.29, 0.717) is 27.8 Å². The fourth-order valence-electron chi connectivity index (χ4n) is 14.8. The molecule has 11 aromatic carbocycles. The van der Waals surface area contributed by atoms with E-state index in [4.69, 9.17) is 34.8 Å². The lowest BCUT2D eigenvalue weighted by atomic mass is 9.86. The highest BCUT2D eigenvalue weighted by molar-refractivity contribution is 6.42. The van der Waals surface area contributed by atoms with Crippen molar-refractivity contribution in [2.24, 2.45) is 0 Å². The zero-order chi connectivity index (χ0) is 82.7. The zero-order valence-electron chi connectivity index (χ0n) is 67.3. The third-order valence-corrected chi connectivity index (χ3v) is 22.2. The Balaban J connectivity index is 0.000000125. The molecule has 7 aromatic heterocycles. The Labute approximate surface area is 718 Å². The molecular weight excluding hydrogens is 1540 g/mol. The first-order valence-electron chi connectivity index (χ1n) is 40.2. The summed E-state index contributed by atoms with van der Waals surface area (Å²) in [7, 11) is 0. The van der Waals surface area contributed by atoms with E-state index in [0.717, 1.165) is 82.2 Å². The second-order valence-corrected chi connectivity index (χ2v) is 30.4. The maximum absolute atomic E-state index is 6.40. The Morgan fingerprint density at radius 2 is 0.642 bits per heavy atom. The van der Waals surface area contributed by atoms with Gasteiger partial charge in [0.15, 0.2) is 0 Å². The van der Waals surface area contributed by atoms with Gasteiger partial charge in [0.2, 0.25) is 0 Å². The Morgan fingerprint density at radius 1 is 0.300 bits per heavy atom. The topological polar surface area (TPSA) is 185 Å². The number of halogens is 3. The van der Waals surface area contributed by atoms with Crippen LogP contribution in [0.15, 0.2) is 397 Å². The minimum Gasteiger partial charge on any atom is -0.348 e. The molecule has 0 bridgehead atoms. The van der Waals surface area contributed by atoms with Crippen LogP contribution < -0.4 is 0 Å². The van der Waals surface area contributed by atoms with Crippen LogP contribution >= 0.6 is 34.8 Å². The lowest BCUT2D eigenvalue weighted by Crippen LogP contribution is -2.08. The highest BCUT2D eigenvalue weighted by Gasteiger charge is 2.24. The van der Waals surface area contributed by atoms with E-state index in [2.05, 4.69) is 316 Å². The smallest absolute Gasteiger partial charge is 0.0924 e. The summed E-state index contributed by atoms with van der Waals surface area (Å²) in [6.07, 6.45) is 32.2. The first kappa shape index (κ1) is 84.4. The molecule has 0 fully saturated rings. The molecule has 18 aromatic rings. The number of aryl methyl sites for hydroxylation is 2. The summed E-state index contributed by atoms with van der Waals surface area (Å²) in [5, 5.41) is 1.91. The number of aromatic amines is 6. The SMILES string of the molecule is Cc1cccc(C(Cc2ccccc2)c2cnc[nH]2)c1C.Cc1ccccc1C(Cc1ccccc1)c1cnc[nH]1.Clc1cccc(/C(=C/c2ccccc2)c2cnc[nH]2)c1.Clc1cccc(C(Cc2ccccc2)c2cnc[nH]2)c1Cl.c1ccc(CC(c2ccccc2)c2cnc[nH]2)cc1.c1ccc(CC(c2ccncc2)c2cnc[nH]2)cc1. The van der Waals surface area contributed by atoms with Crippen LogP contribution in [0.1, 0.15) is 147 Å². The highest BCUT2D eigenvalue weighted by atomic mass is 35.5. The van der Waals surface area contributed by atoms with Crippen LogP contribution in [0.2, 0.25) is 15.1 Å². The molecule has 120 heavy (non-hydrogen) atoms. The Hall–Kier alpha value is -13.6. The quantitative estimate of drug-likeness (QED) is 0.0344. The third kappa shape index (κ3) is 24.5.